The molecule has 4 atom stereocenters. The van der Waals surface area contributed by atoms with E-state index < -0.39 is 54.3 Å². The molecule has 1 heterocycles. The van der Waals surface area contributed by atoms with Gasteiger partial charge in [-0.05, 0) is 61.9 Å². The summed E-state index contributed by atoms with van der Waals surface area (Å²) in [7, 11) is 0. The normalized spacial score (nSPS) is 17.3. The molecule has 1 aliphatic heterocycles. The number of rotatable bonds is 15. The molecule has 1 saturated heterocycles. The maximum absolute atomic E-state index is 13.3. The molecule has 0 bridgehead atoms. The molecular weight excluding hydrogens is 504 g/mol. The van der Waals surface area contributed by atoms with Crippen LogP contribution in [-0.4, -0.2) is 87.7 Å². The van der Waals surface area contributed by atoms with Crippen molar-refractivity contribution in [3.05, 3.63) is 29.8 Å². The van der Waals surface area contributed by atoms with Gasteiger partial charge in [0.2, 0.25) is 17.7 Å². The fourth-order valence-electron chi connectivity index (χ4n) is 3.83. The van der Waals surface area contributed by atoms with Crippen LogP contribution in [0.1, 0.15) is 37.7 Å². The summed E-state index contributed by atoms with van der Waals surface area (Å²) in [5.41, 5.74) is 0.632. The number of carbonyl (C=O) groups excluding carboxylic acids is 3. The number of benzene rings is 1. The Morgan fingerprint density at radius 3 is 2.19 bits per heavy atom. The molecule has 1 aliphatic rings. The molecular formula is C24H34N4O8S. The number of aliphatic carboxylic acids is 2. The third-order valence-corrected chi connectivity index (χ3v) is 6.53. The number of carboxylic acids is 2. The summed E-state index contributed by atoms with van der Waals surface area (Å²) in [6.45, 7) is 0.672. The van der Waals surface area contributed by atoms with E-state index in [0.29, 0.717) is 24.3 Å². The highest BCUT2D eigenvalue weighted by atomic mass is 32.2. The Kier molecular flexibility index (Phi) is 12.2. The molecule has 1 aromatic carbocycles. The van der Waals surface area contributed by atoms with Crippen LogP contribution in [0, 0.1) is 0 Å². The molecule has 0 spiro atoms. The van der Waals surface area contributed by atoms with Crippen LogP contribution in [-0.2, 0) is 30.4 Å². The van der Waals surface area contributed by atoms with Crippen LogP contribution in [0.2, 0.25) is 0 Å². The van der Waals surface area contributed by atoms with Crippen LogP contribution in [0.15, 0.2) is 24.3 Å². The smallest absolute Gasteiger partial charge is 0.326 e. The summed E-state index contributed by atoms with van der Waals surface area (Å²) in [6, 6.07) is 1.96. The first-order chi connectivity index (χ1) is 17.6. The first-order valence-electron chi connectivity index (χ1n) is 12.0. The molecule has 7 N–H and O–H groups in total. The minimum absolute atomic E-state index is 0.0313. The zero-order valence-electron chi connectivity index (χ0n) is 20.6. The maximum Gasteiger partial charge on any atom is 0.326 e. The molecule has 0 aromatic heterocycles. The highest BCUT2D eigenvalue weighted by Crippen LogP contribution is 2.13. The van der Waals surface area contributed by atoms with Crippen molar-refractivity contribution in [2.75, 3.05) is 18.6 Å². The van der Waals surface area contributed by atoms with Crippen LogP contribution in [0.25, 0.3) is 0 Å². The number of carbonyl (C=O) groups is 5. The highest BCUT2D eigenvalue weighted by molar-refractivity contribution is 7.98. The van der Waals surface area contributed by atoms with E-state index in [4.69, 9.17) is 5.11 Å². The number of phenols is 1. The predicted molar refractivity (Wildman–Crippen MR) is 136 cm³/mol. The van der Waals surface area contributed by atoms with Crippen molar-refractivity contribution in [2.45, 2.75) is 62.7 Å². The lowest BCUT2D eigenvalue weighted by Crippen LogP contribution is -2.57. The fourth-order valence-corrected chi connectivity index (χ4v) is 4.30. The number of carboxylic acid groups (broad SMARTS) is 2. The van der Waals surface area contributed by atoms with Crippen molar-refractivity contribution in [3.8, 4) is 5.75 Å². The van der Waals surface area contributed by atoms with Gasteiger partial charge in [-0.1, -0.05) is 12.1 Å². The summed E-state index contributed by atoms with van der Waals surface area (Å²) in [5.74, 6) is -3.86. The van der Waals surface area contributed by atoms with Crippen LogP contribution < -0.4 is 21.3 Å². The Morgan fingerprint density at radius 2 is 1.62 bits per heavy atom. The van der Waals surface area contributed by atoms with E-state index in [-0.39, 0.29) is 30.9 Å². The molecule has 37 heavy (non-hydrogen) atoms. The Morgan fingerprint density at radius 1 is 0.973 bits per heavy atom. The van der Waals surface area contributed by atoms with E-state index in [0.717, 1.165) is 6.42 Å². The topological polar surface area (TPSA) is 194 Å². The second-order valence-electron chi connectivity index (χ2n) is 8.76. The number of aromatic hydroxyl groups is 1. The van der Waals surface area contributed by atoms with Gasteiger partial charge in [0.05, 0.1) is 6.04 Å². The van der Waals surface area contributed by atoms with Crippen LogP contribution in [0.5, 0.6) is 5.75 Å². The fraction of sp³-hybridized carbons (Fsp3) is 0.542. The summed E-state index contributed by atoms with van der Waals surface area (Å²) >= 11 is 1.41. The summed E-state index contributed by atoms with van der Waals surface area (Å²) < 4.78 is 0. The molecule has 13 heteroatoms. The highest BCUT2D eigenvalue weighted by Gasteiger charge is 2.31. The predicted octanol–water partition coefficient (Wildman–Crippen LogP) is -0.156. The number of nitrogens with one attached hydrogen (secondary N) is 4. The van der Waals surface area contributed by atoms with Gasteiger partial charge in [-0.3, -0.25) is 19.2 Å². The number of hydrogen-bond donors (Lipinski definition) is 7. The van der Waals surface area contributed by atoms with Gasteiger partial charge in [-0.2, -0.15) is 11.8 Å². The van der Waals surface area contributed by atoms with Crippen molar-refractivity contribution in [2.24, 2.45) is 0 Å². The van der Waals surface area contributed by atoms with E-state index in [2.05, 4.69) is 21.3 Å². The SMILES string of the molecule is CSCCC(NC(=O)C(CCC(=O)O)NC(=O)C(Cc1ccc(O)cc1)NC(=O)C1CCCN1)C(=O)O. The van der Waals surface area contributed by atoms with E-state index in [1.807, 2.05) is 0 Å². The zero-order valence-corrected chi connectivity index (χ0v) is 21.4. The molecule has 12 nitrogen and oxygen atoms in total. The lowest BCUT2D eigenvalue weighted by molar-refractivity contribution is -0.143. The summed E-state index contributed by atoms with van der Waals surface area (Å²) in [6.07, 6.45) is 2.69. The molecule has 1 aromatic rings. The van der Waals surface area contributed by atoms with Crippen molar-refractivity contribution in [1.82, 2.24) is 21.3 Å². The summed E-state index contributed by atoms with van der Waals surface area (Å²) in [5, 5.41) is 38.7. The molecule has 204 valence electrons. The third kappa shape index (κ3) is 10.3. The van der Waals surface area contributed by atoms with E-state index in [1.54, 1.807) is 18.4 Å². The Balaban J connectivity index is 2.20. The largest absolute Gasteiger partial charge is 0.508 e. The van der Waals surface area contributed by atoms with Crippen LogP contribution >= 0.6 is 11.8 Å². The molecule has 0 aliphatic carbocycles. The van der Waals surface area contributed by atoms with Gasteiger partial charge < -0.3 is 36.6 Å². The standard InChI is InChI=1S/C24H34N4O8S/c1-37-12-10-18(24(35)36)27-22(33)17(8-9-20(30)31)26-23(34)19(13-14-4-6-15(29)7-5-14)28-21(32)16-3-2-11-25-16/h4-7,16-19,25,29H,2-3,8-13H2,1H3,(H,26,34)(H,27,33)(H,28,32)(H,30,31)(H,35,36). The average molecular weight is 539 g/mol. The zero-order chi connectivity index (χ0) is 27.4. The second-order valence-corrected chi connectivity index (χ2v) is 9.74. The number of amides is 3. The monoisotopic (exact) mass is 538 g/mol. The summed E-state index contributed by atoms with van der Waals surface area (Å²) in [4.78, 5) is 61.6. The lowest BCUT2D eigenvalue weighted by Gasteiger charge is -2.25. The van der Waals surface area contributed by atoms with Crippen molar-refractivity contribution < 1.29 is 39.3 Å². The minimum Gasteiger partial charge on any atom is -0.508 e. The van der Waals surface area contributed by atoms with Gasteiger partial charge in [0.15, 0.2) is 0 Å². The van der Waals surface area contributed by atoms with Crippen molar-refractivity contribution in [1.29, 1.82) is 0 Å². The van der Waals surface area contributed by atoms with Crippen LogP contribution in [0.4, 0.5) is 0 Å². The minimum atomic E-state index is -1.33. The van der Waals surface area contributed by atoms with E-state index in [1.165, 1.54) is 23.9 Å². The first kappa shape index (κ1) is 29.9. The van der Waals surface area contributed by atoms with Gasteiger partial charge >= 0.3 is 11.9 Å². The second kappa shape index (κ2) is 15.1. The number of phenolic OH excluding ortho intramolecular Hbond substituents is 1. The Labute approximate surface area is 219 Å². The maximum atomic E-state index is 13.3. The Hall–Kier alpha value is -3.32. The molecule has 0 radical (unpaired) electrons. The van der Waals surface area contributed by atoms with Gasteiger partial charge in [0.25, 0.3) is 0 Å². The number of hydrogen-bond acceptors (Lipinski definition) is 8. The van der Waals surface area contributed by atoms with Crippen LogP contribution in [0.3, 0.4) is 0 Å². The van der Waals surface area contributed by atoms with Crippen molar-refractivity contribution in [3.63, 3.8) is 0 Å². The molecule has 3 amide bonds. The quantitative estimate of drug-likeness (QED) is 0.158. The van der Waals surface area contributed by atoms with E-state index >= 15 is 0 Å². The lowest BCUT2D eigenvalue weighted by atomic mass is 10.0. The van der Waals surface area contributed by atoms with Gasteiger partial charge in [0.1, 0.15) is 23.9 Å². The van der Waals surface area contributed by atoms with Gasteiger partial charge in [-0.15, -0.1) is 0 Å². The number of thioether (sulfide) groups is 1. The molecule has 4 unspecified atom stereocenters. The van der Waals surface area contributed by atoms with E-state index in [9.17, 15) is 34.2 Å². The van der Waals surface area contributed by atoms with Crippen molar-refractivity contribution >= 4 is 41.4 Å². The Bertz CT molecular complexity index is 953. The van der Waals surface area contributed by atoms with Gasteiger partial charge in [0, 0.05) is 12.8 Å². The molecule has 1 fully saturated rings. The molecule has 0 saturated carbocycles. The molecule has 2 rings (SSSR count). The van der Waals surface area contributed by atoms with Gasteiger partial charge in [-0.25, -0.2) is 4.79 Å². The first-order valence-corrected chi connectivity index (χ1v) is 13.4. The third-order valence-electron chi connectivity index (χ3n) is 5.89. The average Bonchev–Trinajstić information content (AvgIpc) is 3.40.